The summed E-state index contributed by atoms with van der Waals surface area (Å²) >= 11 is 3.47. The number of hydrogen-bond donors (Lipinski definition) is 0. The fraction of sp³-hybridized carbons (Fsp3) is 0.231. The number of hydrogen-bond acceptors (Lipinski definition) is 2. The van der Waals surface area contributed by atoms with Gasteiger partial charge in [-0.05, 0) is 17.7 Å². The van der Waals surface area contributed by atoms with Gasteiger partial charge in [0.15, 0.2) is 0 Å². The zero-order chi connectivity index (χ0) is 12.7. The Morgan fingerprint density at radius 1 is 1.44 bits per heavy atom. The SMILES string of the molecule is CN1C(=O)Cn2cncc2C1c1cccc(Br)c1. The Labute approximate surface area is 113 Å². The van der Waals surface area contributed by atoms with Crippen molar-refractivity contribution in [2.45, 2.75) is 12.6 Å². The molecule has 1 amide bonds. The van der Waals surface area contributed by atoms with Crippen molar-refractivity contribution in [2.75, 3.05) is 7.05 Å². The van der Waals surface area contributed by atoms with E-state index in [2.05, 4.69) is 20.9 Å². The molecular formula is C13H12BrN3O. The van der Waals surface area contributed by atoms with E-state index in [4.69, 9.17) is 0 Å². The zero-order valence-electron chi connectivity index (χ0n) is 9.88. The van der Waals surface area contributed by atoms with Crippen molar-refractivity contribution < 1.29 is 4.79 Å². The predicted octanol–water partition coefficient (Wildman–Crippen LogP) is 2.21. The number of amides is 1. The van der Waals surface area contributed by atoms with Crippen molar-refractivity contribution in [1.29, 1.82) is 0 Å². The van der Waals surface area contributed by atoms with Crippen LogP contribution in [0.1, 0.15) is 17.3 Å². The average Bonchev–Trinajstić information content (AvgIpc) is 2.78. The van der Waals surface area contributed by atoms with Crippen molar-refractivity contribution in [3.63, 3.8) is 0 Å². The number of imidazole rings is 1. The van der Waals surface area contributed by atoms with Crippen LogP contribution in [0.4, 0.5) is 0 Å². The second kappa shape index (κ2) is 4.24. The van der Waals surface area contributed by atoms with Crippen LogP contribution in [0.2, 0.25) is 0 Å². The molecule has 0 aliphatic carbocycles. The van der Waals surface area contributed by atoms with Crippen LogP contribution in [0.5, 0.6) is 0 Å². The molecule has 3 rings (SSSR count). The van der Waals surface area contributed by atoms with Gasteiger partial charge < -0.3 is 9.47 Å². The highest BCUT2D eigenvalue weighted by molar-refractivity contribution is 9.10. The minimum absolute atomic E-state index is 0.0637. The highest BCUT2D eigenvalue weighted by Gasteiger charge is 2.31. The van der Waals surface area contributed by atoms with Gasteiger partial charge in [0, 0.05) is 11.5 Å². The van der Waals surface area contributed by atoms with Gasteiger partial charge in [0.05, 0.1) is 24.3 Å². The van der Waals surface area contributed by atoms with E-state index in [9.17, 15) is 4.79 Å². The Morgan fingerprint density at radius 3 is 3.06 bits per heavy atom. The molecule has 4 nitrogen and oxygen atoms in total. The normalized spacial score (nSPS) is 18.9. The summed E-state index contributed by atoms with van der Waals surface area (Å²) in [7, 11) is 1.84. The van der Waals surface area contributed by atoms with Gasteiger partial charge in [-0.25, -0.2) is 4.98 Å². The summed E-state index contributed by atoms with van der Waals surface area (Å²) < 4.78 is 2.92. The van der Waals surface area contributed by atoms with E-state index in [1.54, 1.807) is 11.2 Å². The molecule has 0 saturated carbocycles. The number of halogens is 1. The van der Waals surface area contributed by atoms with Gasteiger partial charge in [-0.3, -0.25) is 4.79 Å². The Balaban J connectivity index is 2.13. The largest absolute Gasteiger partial charge is 0.332 e. The second-order valence-corrected chi connectivity index (χ2v) is 5.32. The highest BCUT2D eigenvalue weighted by atomic mass is 79.9. The smallest absolute Gasteiger partial charge is 0.243 e. The van der Waals surface area contributed by atoms with Crippen LogP contribution in [0.3, 0.4) is 0 Å². The summed E-state index contributed by atoms with van der Waals surface area (Å²) in [5.41, 5.74) is 2.14. The Kier molecular flexibility index (Phi) is 2.70. The fourth-order valence-corrected chi connectivity index (χ4v) is 2.78. The van der Waals surface area contributed by atoms with E-state index in [0.717, 1.165) is 15.7 Å². The molecule has 2 aromatic rings. The first-order valence-corrected chi connectivity index (χ1v) is 6.47. The molecule has 1 atom stereocenters. The molecule has 0 spiro atoms. The maximum Gasteiger partial charge on any atom is 0.243 e. The molecule has 0 fully saturated rings. The summed E-state index contributed by atoms with van der Waals surface area (Å²) in [5.74, 6) is 0.102. The number of aromatic nitrogens is 2. The van der Waals surface area contributed by atoms with Crippen LogP contribution in [0.25, 0.3) is 0 Å². The van der Waals surface area contributed by atoms with Crippen LogP contribution in [-0.2, 0) is 11.3 Å². The first kappa shape index (κ1) is 11.5. The van der Waals surface area contributed by atoms with Gasteiger partial charge in [0.25, 0.3) is 0 Å². The van der Waals surface area contributed by atoms with Gasteiger partial charge in [0.1, 0.15) is 6.54 Å². The Bertz CT molecular complexity index is 608. The number of rotatable bonds is 1. The van der Waals surface area contributed by atoms with Crippen molar-refractivity contribution in [1.82, 2.24) is 14.5 Å². The zero-order valence-corrected chi connectivity index (χ0v) is 11.5. The molecule has 0 saturated heterocycles. The fourth-order valence-electron chi connectivity index (χ4n) is 2.36. The number of carbonyl (C=O) groups is 1. The molecule has 2 heterocycles. The van der Waals surface area contributed by atoms with Crippen LogP contribution < -0.4 is 0 Å². The van der Waals surface area contributed by atoms with Gasteiger partial charge in [-0.1, -0.05) is 28.1 Å². The molecule has 0 radical (unpaired) electrons. The lowest BCUT2D eigenvalue weighted by Crippen LogP contribution is -2.40. The molecule has 0 N–H and O–H groups in total. The van der Waals surface area contributed by atoms with Crippen LogP contribution in [0.15, 0.2) is 41.3 Å². The molecule has 0 bridgehead atoms. The van der Waals surface area contributed by atoms with E-state index in [1.807, 2.05) is 42.1 Å². The highest BCUT2D eigenvalue weighted by Crippen LogP contribution is 2.32. The maximum absolute atomic E-state index is 12.0. The van der Waals surface area contributed by atoms with Crippen molar-refractivity contribution in [2.24, 2.45) is 0 Å². The predicted molar refractivity (Wildman–Crippen MR) is 71.0 cm³/mol. The summed E-state index contributed by atoms with van der Waals surface area (Å²) in [6.07, 6.45) is 3.54. The summed E-state index contributed by atoms with van der Waals surface area (Å²) in [6.45, 7) is 0.371. The molecule has 18 heavy (non-hydrogen) atoms. The number of nitrogens with zero attached hydrogens (tertiary/aromatic N) is 3. The number of fused-ring (bicyclic) bond motifs is 1. The van der Waals surface area contributed by atoms with Crippen LogP contribution in [0, 0.1) is 0 Å². The van der Waals surface area contributed by atoms with E-state index in [-0.39, 0.29) is 11.9 Å². The van der Waals surface area contributed by atoms with E-state index >= 15 is 0 Å². The van der Waals surface area contributed by atoms with Crippen LogP contribution >= 0.6 is 15.9 Å². The summed E-state index contributed by atoms with van der Waals surface area (Å²) in [5, 5.41) is 0. The van der Waals surface area contributed by atoms with Gasteiger partial charge >= 0.3 is 0 Å². The summed E-state index contributed by atoms with van der Waals surface area (Å²) in [6, 6.07) is 7.96. The standard InChI is InChI=1S/C13H12BrN3O/c1-16-12(18)7-17-8-15-6-11(17)13(16)9-3-2-4-10(14)5-9/h2-6,8,13H,7H2,1H3. The molecule has 1 aromatic heterocycles. The second-order valence-electron chi connectivity index (χ2n) is 4.41. The first-order chi connectivity index (χ1) is 8.66. The minimum atomic E-state index is -0.0637. The Hall–Kier alpha value is -1.62. The third kappa shape index (κ3) is 1.75. The third-order valence-electron chi connectivity index (χ3n) is 3.28. The Morgan fingerprint density at radius 2 is 2.28 bits per heavy atom. The first-order valence-electron chi connectivity index (χ1n) is 5.68. The lowest BCUT2D eigenvalue weighted by molar-refractivity contribution is -0.133. The molecule has 5 heteroatoms. The molecular weight excluding hydrogens is 294 g/mol. The molecule has 92 valence electrons. The van der Waals surface area contributed by atoms with Gasteiger partial charge in [-0.2, -0.15) is 0 Å². The number of benzene rings is 1. The lowest BCUT2D eigenvalue weighted by atomic mass is 10.0. The molecule has 1 aromatic carbocycles. The average molecular weight is 306 g/mol. The summed E-state index contributed by atoms with van der Waals surface area (Å²) in [4.78, 5) is 17.9. The lowest BCUT2D eigenvalue weighted by Gasteiger charge is -2.33. The van der Waals surface area contributed by atoms with E-state index in [1.165, 1.54) is 0 Å². The van der Waals surface area contributed by atoms with Crippen molar-refractivity contribution >= 4 is 21.8 Å². The molecule has 1 aliphatic rings. The van der Waals surface area contributed by atoms with Crippen molar-refractivity contribution in [3.8, 4) is 0 Å². The quantitative estimate of drug-likeness (QED) is 0.810. The topological polar surface area (TPSA) is 38.1 Å². The van der Waals surface area contributed by atoms with Crippen molar-refractivity contribution in [3.05, 3.63) is 52.5 Å². The maximum atomic E-state index is 12.0. The van der Waals surface area contributed by atoms with E-state index in [0.29, 0.717) is 6.54 Å². The van der Waals surface area contributed by atoms with Gasteiger partial charge in [0.2, 0.25) is 5.91 Å². The monoisotopic (exact) mass is 305 g/mol. The van der Waals surface area contributed by atoms with Crippen LogP contribution in [-0.4, -0.2) is 27.4 Å². The van der Waals surface area contributed by atoms with E-state index < -0.39 is 0 Å². The number of carbonyl (C=O) groups excluding carboxylic acids is 1. The van der Waals surface area contributed by atoms with Gasteiger partial charge in [-0.15, -0.1) is 0 Å². The molecule has 1 aliphatic heterocycles. The minimum Gasteiger partial charge on any atom is -0.332 e. The third-order valence-corrected chi connectivity index (χ3v) is 3.77. The number of likely N-dealkylation sites (N-methyl/N-ethyl adjacent to an activating group) is 1. The molecule has 1 unspecified atom stereocenters.